The number of carbonyl (C=O) groups excluding carboxylic acids is 2. The number of nitrogens with two attached hydrogens (primary N) is 1. The second-order valence-electron chi connectivity index (χ2n) is 9.27. The zero-order valence-corrected chi connectivity index (χ0v) is 18.9. The number of carbonyl (C=O) groups is 2. The van der Waals surface area contributed by atoms with Gasteiger partial charge in [-0.05, 0) is 17.2 Å². The molecular weight excluding hydrogens is 432 g/mol. The summed E-state index contributed by atoms with van der Waals surface area (Å²) in [6.07, 6.45) is 3.70. The van der Waals surface area contributed by atoms with E-state index < -0.39 is 23.5 Å². The Morgan fingerprint density at radius 1 is 1.06 bits per heavy atom. The summed E-state index contributed by atoms with van der Waals surface area (Å²) in [7, 11) is 1.96. The minimum Gasteiger partial charge on any atom is -0.459 e. The molecule has 2 heterocycles. The average molecular weight is 460 g/mol. The van der Waals surface area contributed by atoms with E-state index in [0.717, 1.165) is 11.1 Å². The molecule has 2 aliphatic rings. The van der Waals surface area contributed by atoms with Crippen LogP contribution in [-0.2, 0) is 19.9 Å². The van der Waals surface area contributed by atoms with Crippen LogP contribution in [-0.4, -0.2) is 57.7 Å². The van der Waals surface area contributed by atoms with Crippen molar-refractivity contribution in [2.45, 2.75) is 30.6 Å². The second kappa shape index (κ2) is 8.30. The van der Waals surface area contributed by atoms with Crippen LogP contribution in [0.5, 0.6) is 0 Å². The van der Waals surface area contributed by atoms with Crippen molar-refractivity contribution in [3.05, 3.63) is 83.9 Å². The first-order valence-electron chi connectivity index (χ1n) is 11.4. The van der Waals surface area contributed by atoms with Crippen LogP contribution in [0.2, 0.25) is 0 Å². The Balaban J connectivity index is 1.35. The molecule has 3 aromatic rings. The Bertz CT molecular complexity index is 1190. The number of nitrogens with zero attached hydrogens (tertiary/aromatic N) is 3. The van der Waals surface area contributed by atoms with Gasteiger partial charge in [0.2, 0.25) is 11.6 Å². The predicted octanol–water partition coefficient (Wildman–Crippen LogP) is 2.07. The maximum absolute atomic E-state index is 13.4. The molecule has 34 heavy (non-hydrogen) atoms. The van der Waals surface area contributed by atoms with E-state index in [2.05, 4.69) is 9.97 Å². The van der Waals surface area contributed by atoms with Gasteiger partial charge in [0.1, 0.15) is 18.1 Å². The Kier molecular flexibility index (Phi) is 5.42. The monoisotopic (exact) mass is 459 g/mol. The van der Waals surface area contributed by atoms with Gasteiger partial charge in [0.15, 0.2) is 0 Å². The third kappa shape index (κ3) is 3.46. The molecule has 1 fully saturated rings. The number of aromatic nitrogens is 2. The Labute approximate surface area is 197 Å². The molecule has 3 N–H and O–H groups in total. The molecule has 1 atom stereocenters. The topological polar surface area (TPSA) is 115 Å². The summed E-state index contributed by atoms with van der Waals surface area (Å²) in [4.78, 5) is 33.9. The number of hydrogen-bond acceptors (Lipinski definition) is 6. The molecule has 5 rings (SSSR count). The van der Waals surface area contributed by atoms with Crippen molar-refractivity contribution in [1.29, 1.82) is 0 Å². The lowest BCUT2D eigenvalue weighted by molar-refractivity contribution is -0.935. The van der Waals surface area contributed by atoms with E-state index in [9.17, 15) is 14.7 Å². The second-order valence-corrected chi connectivity index (χ2v) is 9.27. The number of benzene rings is 2. The number of fused-ring (bicyclic) bond motifs is 3. The van der Waals surface area contributed by atoms with E-state index in [-0.39, 0.29) is 6.10 Å². The molecule has 1 aliphatic heterocycles. The van der Waals surface area contributed by atoms with Crippen molar-refractivity contribution >= 4 is 11.9 Å². The molecule has 1 amide bonds. The van der Waals surface area contributed by atoms with Crippen molar-refractivity contribution in [3.8, 4) is 11.1 Å². The number of primary amides is 1. The molecule has 174 valence electrons. The lowest BCUT2D eigenvalue weighted by atomic mass is 9.91. The number of amides is 1. The van der Waals surface area contributed by atoms with Gasteiger partial charge >= 0.3 is 5.97 Å². The van der Waals surface area contributed by atoms with Crippen LogP contribution >= 0.6 is 0 Å². The van der Waals surface area contributed by atoms with E-state index in [1.54, 1.807) is 24.4 Å². The van der Waals surface area contributed by atoms with Crippen molar-refractivity contribution in [3.63, 3.8) is 0 Å². The van der Waals surface area contributed by atoms with Gasteiger partial charge in [-0.25, -0.2) is 14.8 Å². The molecule has 0 saturated carbocycles. The van der Waals surface area contributed by atoms with Crippen LogP contribution in [0, 0.1) is 0 Å². The number of likely N-dealkylation sites (tertiary alicyclic amines) is 1. The quantitative estimate of drug-likeness (QED) is 0.446. The zero-order chi connectivity index (χ0) is 23.9. The van der Waals surface area contributed by atoms with Crippen LogP contribution < -0.4 is 5.73 Å². The standard InChI is InChI=1S/C26H26N4O4/c1-30(23(24(27)31)22-10-13-28-16-29-22)14-11-17(12-15-30)34-25(32)26(33)20-8-4-2-6-18(20)19-7-3-5-9-21(19)26/h2-10,13,16-17,23,33H,11-12,14-15H2,1H3,(H-,27,31)/p+1. The summed E-state index contributed by atoms with van der Waals surface area (Å²) in [5, 5.41) is 11.7. The summed E-state index contributed by atoms with van der Waals surface area (Å²) < 4.78 is 6.26. The fourth-order valence-electron chi connectivity index (χ4n) is 5.41. The predicted molar refractivity (Wildman–Crippen MR) is 124 cm³/mol. The molecule has 0 radical (unpaired) electrons. The zero-order valence-electron chi connectivity index (χ0n) is 18.9. The number of quaternary nitrogens is 1. The maximum atomic E-state index is 13.4. The average Bonchev–Trinajstić information content (AvgIpc) is 3.11. The highest BCUT2D eigenvalue weighted by Crippen LogP contribution is 2.48. The Hall–Kier alpha value is -3.62. The largest absolute Gasteiger partial charge is 0.459 e. The highest BCUT2D eigenvalue weighted by atomic mass is 16.6. The first-order chi connectivity index (χ1) is 16.3. The van der Waals surface area contributed by atoms with Crippen LogP contribution in [0.1, 0.15) is 35.7 Å². The van der Waals surface area contributed by atoms with E-state index >= 15 is 0 Å². The van der Waals surface area contributed by atoms with Crippen molar-refractivity contribution in [2.75, 3.05) is 20.1 Å². The van der Waals surface area contributed by atoms with E-state index in [1.807, 2.05) is 43.4 Å². The van der Waals surface area contributed by atoms with E-state index in [0.29, 0.717) is 47.2 Å². The van der Waals surface area contributed by atoms with Gasteiger partial charge in [-0.1, -0.05) is 48.5 Å². The van der Waals surface area contributed by atoms with E-state index in [4.69, 9.17) is 10.5 Å². The number of rotatable bonds is 5. The number of ether oxygens (including phenoxy) is 1. The molecule has 0 bridgehead atoms. The van der Waals surface area contributed by atoms with E-state index in [1.165, 1.54) is 6.33 Å². The fraction of sp³-hybridized carbons (Fsp3) is 0.308. The lowest BCUT2D eigenvalue weighted by Gasteiger charge is -2.44. The summed E-state index contributed by atoms with van der Waals surface area (Å²) in [6.45, 7) is 1.14. The number of likely N-dealkylation sites (N-methyl/N-ethyl adjacent to an activating group) is 1. The number of aliphatic hydroxyl groups is 1. The molecule has 0 spiro atoms. The van der Waals surface area contributed by atoms with Gasteiger partial charge in [-0.3, -0.25) is 4.79 Å². The fourth-order valence-corrected chi connectivity index (χ4v) is 5.41. The summed E-state index contributed by atoms with van der Waals surface area (Å²) >= 11 is 0. The molecule has 8 heteroatoms. The summed E-state index contributed by atoms with van der Waals surface area (Å²) in [5.74, 6) is -1.13. The van der Waals surface area contributed by atoms with Crippen molar-refractivity contribution in [2.24, 2.45) is 5.73 Å². The van der Waals surface area contributed by atoms with Gasteiger partial charge in [0.25, 0.3) is 5.91 Å². The minimum atomic E-state index is -1.85. The van der Waals surface area contributed by atoms with Crippen molar-refractivity contribution in [1.82, 2.24) is 9.97 Å². The lowest BCUT2D eigenvalue weighted by Crippen LogP contribution is -2.57. The normalized spacial score (nSPS) is 23.4. The molecule has 1 saturated heterocycles. The van der Waals surface area contributed by atoms with Gasteiger partial charge in [0.05, 0.1) is 20.1 Å². The molecule has 1 aromatic heterocycles. The highest BCUT2D eigenvalue weighted by molar-refractivity contribution is 5.96. The first-order valence-corrected chi connectivity index (χ1v) is 11.4. The SMILES string of the molecule is C[N+]1(C(C(N)=O)c2ccncn2)CCC(OC(=O)C2(O)c3ccccc3-c3ccccc32)CC1. The third-order valence-electron chi connectivity index (χ3n) is 7.19. The third-order valence-corrected chi connectivity index (χ3v) is 7.19. The van der Waals surface area contributed by atoms with Gasteiger partial charge in [-0.2, -0.15) is 0 Å². The summed E-state index contributed by atoms with van der Waals surface area (Å²) in [5.41, 5.74) is 7.23. The smallest absolute Gasteiger partial charge is 0.348 e. The highest BCUT2D eigenvalue weighted by Gasteiger charge is 2.50. The maximum Gasteiger partial charge on any atom is 0.348 e. The number of piperidine rings is 1. The Morgan fingerprint density at radius 2 is 1.65 bits per heavy atom. The van der Waals surface area contributed by atoms with Crippen LogP contribution in [0.4, 0.5) is 0 Å². The summed E-state index contributed by atoms with van der Waals surface area (Å²) in [6, 6.07) is 15.8. The van der Waals surface area contributed by atoms with Crippen molar-refractivity contribution < 1.29 is 23.9 Å². The number of esters is 1. The molecular formula is C26H27N4O4+. The molecule has 1 unspecified atom stereocenters. The Morgan fingerprint density at radius 3 is 2.18 bits per heavy atom. The molecule has 2 aromatic carbocycles. The van der Waals surface area contributed by atoms with Crippen LogP contribution in [0.15, 0.2) is 67.1 Å². The molecule has 1 aliphatic carbocycles. The van der Waals surface area contributed by atoms with Crippen LogP contribution in [0.3, 0.4) is 0 Å². The number of hydrogen-bond donors (Lipinski definition) is 2. The van der Waals surface area contributed by atoms with Gasteiger partial charge in [0, 0.05) is 30.2 Å². The van der Waals surface area contributed by atoms with Gasteiger partial charge < -0.3 is 20.1 Å². The first kappa shape index (κ1) is 22.2. The van der Waals surface area contributed by atoms with Gasteiger partial charge in [-0.15, -0.1) is 0 Å². The minimum absolute atomic E-state index is 0.371. The molecule has 8 nitrogen and oxygen atoms in total. The van der Waals surface area contributed by atoms with Crippen LogP contribution in [0.25, 0.3) is 11.1 Å².